The summed E-state index contributed by atoms with van der Waals surface area (Å²) < 4.78 is 0. The maximum atomic E-state index is 12.6. The van der Waals surface area contributed by atoms with Crippen LogP contribution in [0, 0.1) is 5.92 Å². The summed E-state index contributed by atoms with van der Waals surface area (Å²) in [4.78, 5) is 49.8. The van der Waals surface area contributed by atoms with E-state index in [1.807, 2.05) is 19.1 Å². The van der Waals surface area contributed by atoms with Crippen molar-refractivity contribution in [3.05, 3.63) is 58.7 Å². The van der Waals surface area contributed by atoms with E-state index < -0.39 is 11.8 Å². The molecule has 6 N–H and O–H groups in total. The van der Waals surface area contributed by atoms with Crippen LogP contribution in [0.3, 0.4) is 0 Å². The summed E-state index contributed by atoms with van der Waals surface area (Å²) in [6.45, 7) is 6.13. The van der Waals surface area contributed by atoms with Gasteiger partial charge >= 0.3 is 0 Å². The van der Waals surface area contributed by atoms with Crippen LogP contribution in [-0.2, 0) is 22.4 Å². The Balaban J connectivity index is 1.56. The highest BCUT2D eigenvalue weighted by molar-refractivity contribution is 5.98. The molecule has 2 aromatic rings. The standard InChI is InChI=1S/C38H58N4O6/c1-4-6-8-15-19-29-22-24-33(43)31(26-29)37(47)41-39-35(45)21-17-13-11-10-12-14-18-28(3)36(46)40-42-38(48)32-27-30(23-25-34(32)44)20-16-9-7-5-2/h22-28,43-44H,4-21H2,1-3H3,(H,39,45)(H,40,46)(H,41,47)(H,42,48). The molecular formula is C38H58N4O6. The van der Waals surface area contributed by atoms with E-state index in [2.05, 4.69) is 35.6 Å². The minimum atomic E-state index is -0.544. The first-order valence-electron chi connectivity index (χ1n) is 18.0. The summed E-state index contributed by atoms with van der Waals surface area (Å²) >= 11 is 0. The van der Waals surface area contributed by atoms with Crippen LogP contribution < -0.4 is 21.7 Å². The number of hydrazine groups is 2. The van der Waals surface area contributed by atoms with Gasteiger partial charge in [-0.25, -0.2) is 0 Å². The summed E-state index contributed by atoms with van der Waals surface area (Å²) in [5.74, 6) is -2.16. The fraction of sp³-hybridized carbons (Fsp3) is 0.579. The highest BCUT2D eigenvalue weighted by Gasteiger charge is 2.17. The van der Waals surface area contributed by atoms with Crippen LogP contribution in [-0.4, -0.2) is 33.8 Å². The predicted octanol–water partition coefficient (Wildman–Crippen LogP) is 7.32. The number of aryl methyl sites for hydroxylation is 2. The SMILES string of the molecule is CCCCCCc1ccc(O)c(C(=O)NNC(=O)CCCCCCCCC(C)C(=O)NNC(=O)c2cc(CCCCCC)ccc2O)c1. The number of unbranched alkanes of at least 4 members (excludes halogenated alkanes) is 11. The highest BCUT2D eigenvalue weighted by atomic mass is 16.3. The number of hydrogen-bond donors (Lipinski definition) is 6. The van der Waals surface area contributed by atoms with Gasteiger partial charge in [-0.1, -0.05) is 104 Å². The number of aromatic hydroxyl groups is 2. The van der Waals surface area contributed by atoms with Crippen molar-refractivity contribution in [2.75, 3.05) is 0 Å². The number of benzene rings is 2. The number of hydrogen-bond acceptors (Lipinski definition) is 6. The third-order valence-electron chi connectivity index (χ3n) is 8.60. The van der Waals surface area contributed by atoms with Gasteiger partial charge in [0.2, 0.25) is 11.8 Å². The molecule has 1 unspecified atom stereocenters. The average molecular weight is 667 g/mol. The molecule has 48 heavy (non-hydrogen) atoms. The van der Waals surface area contributed by atoms with E-state index in [1.165, 1.54) is 25.0 Å². The Morgan fingerprint density at radius 3 is 1.56 bits per heavy atom. The predicted molar refractivity (Wildman–Crippen MR) is 189 cm³/mol. The molecule has 0 bridgehead atoms. The topological polar surface area (TPSA) is 157 Å². The second kappa shape index (κ2) is 23.3. The zero-order valence-corrected chi connectivity index (χ0v) is 29.3. The van der Waals surface area contributed by atoms with Gasteiger partial charge in [-0.3, -0.25) is 40.9 Å². The fourth-order valence-corrected chi connectivity index (χ4v) is 5.49. The zero-order valence-electron chi connectivity index (χ0n) is 29.3. The van der Waals surface area contributed by atoms with Gasteiger partial charge in [0.05, 0.1) is 11.1 Å². The average Bonchev–Trinajstić information content (AvgIpc) is 3.08. The number of carbonyl (C=O) groups excluding carboxylic acids is 4. The molecule has 2 aromatic carbocycles. The van der Waals surface area contributed by atoms with Crippen LogP contribution in [0.5, 0.6) is 11.5 Å². The maximum absolute atomic E-state index is 12.6. The van der Waals surface area contributed by atoms with E-state index in [4.69, 9.17) is 0 Å². The van der Waals surface area contributed by atoms with Gasteiger partial charge in [0.1, 0.15) is 11.5 Å². The first-order chi connectivity index (χ1) is 23.2. The normalized spacial score (nSPS) is 11.5. The van der Waals surface area contributed by atoms with Crippen molar-refractivity contribution in [2.24, 2.45) is 5.92 Å². The largest absolute Gasteiger partial charge is 0.507 e. The number of nitrogens with one attached hydrogen (secondary N) is 4. The minimum Gasteiger partial charge on any atom is -0.507 e. The molecule has 1 atom stereocenters. The van der Waals surface area contributed by atoms with Gasteiger partial charge in [-0.05, 0) is 73.9 Å². The van der Waals surface area contributed by atoms with Gasteiger partial charge in [-0.2, -0.15) is 0 Å². The molecule has 0 aliphatic rings. The minimum absolute atomic E-state index is 0.119. The molecule has 10 heteroatoms. The summed E-state index contributed by atoms with van der Waals surface area (Å²) in [6, 6.07) is 10.0. The molecule has 0 spiro atoms. The van der Waals surface area contributed by atoms with Crippen molar-refractivity contribution in [1.29, 1.82) is 0 Å². The number of phenols is 2. The van der Waals surface area contributed by atoms with Crippen molar-refractivity contribution in [1.82, 2.24) is 21.7 Å². The molecule has 0 aliphatic carbocycles. The molecule has 266 valence electrons. The molecule has 0 aliphatic heterocycles. The monoisotopic (exact) mass is 666 g/mol. The molecule has 0 saturated heterocycles. The van der Waals surface area contributed by atoms with Gasteiger partial charge in [0.25, 0.3) is 11.8 Å². The van der Waals surface area contributed by atoms with E-state index in [0.29, 0.717) is 12.8 Å². The van der Waals surface area contributed by atoms with Crippen LogP contribution in [0.15, 0.2) is 36.4 Å². The first-order valence-corrected chi connectivity index (χ1v) is 18.0. The highest BCUT2D eigenvalue weighted by Crippen LogP contribution is 2.21. The lowest BCUT2D eigenvalue weighted by molar-refractivity contribution is -0.125. The molecule has 0 fully saturated rings. The summed E-state index contributed by atoms with van der Waals surface area (Å²) in [5, 5.41) is 20.3. The second-order valence-electron chi connectivity index (χ2n) is 12.8. The lowest BCUT2D eigenvalue weighted by atomic mass is 10.0. The molecule has 4 amide bonds. The zero-order chi connectivity index (χ0) is 35.1. The Hall–Kier alpha value is -4.08. The maximum Gasteiger partial charge on any atom is 0.273 e. The Morgan fingerprint density at radius 2 is 1.04 bits per heavy atom. The first kappa shape index (κ1) is 40.1. The van der Waals surface area contributed by atoms with E-state index in [9.17, 15) is 29.4 Å². The molecule has 0 saturated carbocycles. The van der Waals surface area contributed by atoms with E-state index >= 15 is 0 Å². The van der Waals surface area contributed by atoms with Gasteiger partial charge in [0.15, 0.2) is 0 Å². The number of carbonyl (C=O) groups is 4. The molecule has 10 nitrogen and oxygen atoms in total. The van der Waals surface area contributed by atoms with Gasteiger partial charge in [0, 0.05) is 12.3 Å². The molecule has 0 aromatic heterocycles. The van der Waals surface area contributed by atoms with Crippen LogP contribution in [0.4, 0.5) is 0 Å². The Bertz CT molecular complexity index is 1300. The van der Waals surface area contributed by atoms with Crippen molar-refractivity contribution in [3.8, 4) is 11.5 Å². The van der Waals surface area contributed by atoms with Crippen molar-refractivity contribution in [3.63, 3.8) is 0 Å². The van der Waals surface area contributed by atoms with Crippen molar-refractivity contribution in [2.45, 2.75) is 136 Å². The Kier molecular flexibility index (Phi) is 19.4. The van der Waals surface area contributed by atoms with Crippen LogP contribution >= 0.6 is 0 Å². The van der Waals surface area contributed by atoms with Crippen LogP contribution in [0.1, 0.15) is 155 Å². The van der Waals surface area contributed by atoms with Crippen molar-refractivity contribution < 1.29 is 29.4 Å². The summed E-state index contributed by atoms with van der Waals surface area (Å²) in [7, 11) is 0. The number of rotatable bonds is 22. The summed E-state index contributed by atoms with van der Waals surface area (Å²) in [5.41, 5.74) is 12.0. The number of phenolic OH excluding ortho intramolecular Hbond substituents is 2. The van der Waals surface area contributed by atoms with Crippen molar-refractivity contribution >= 4 is 23.6 Å². The number of amides is 4. The Morgan fingerprint density at radius 1 is 0.583 bits per heavy atom. The Labute approximate surface area is 286 Å². The lowest BCUT2D eigenvalue weighted by Gasteiger charge is -2.14. The lowest BCUT2D eigenvalue weighted by Crippen LogP contribution is -2.44. The molecule has 0 heterocycles. The van der Waals surface area contributed by atoms with Crippen LogP contribution in [0.25, 0.3) is 0 Å². The smallest absolute Gasteiger partial charge is 0.273 e. The third kappa shape index (κ3) is 15.7. The van der Waals surface area contributed by atoms with Crippen LogP contribution in [0.2, 0.25) is 0 Å². The fourth-order valence-electron chi connectivity index (χ4n) is 5.49. The van der Waals surface area contributed by atoms with Gasteiger partial charge < -0.3 is 10.2 Å². The third-order valence-corrected chi connectivity index (χ3v) is 8.60. The summed E-state index contributed by atoms with van der Waals surface area (Å²) in [6.07, 6.45) is 16.9. The molecule has 0 radical (unpaired) electrons. The van der Waals surface area contributed by atoms with E-state index in [-0.39, 0.29) is 46.8 Å². The molecule has 2 rings (SSSR count). The quantitative estimate of drug-likeness (QED) is 0.0571. The van der Waals surface area contributed by atoms with Gasteiger partial charge in [-0.15, -0.1) is 0 Å². The van der Waals surface area contributed by atoms with E-state index in [0.717, 1.165) is 94.6 Å². The van der Waals surface area contributed by atoms with E-state index in [1.54, 1.807) is 12.1 Å². The molecular weight excluding hydrogens is 608 g/mol. The second-order valence-corrected chi connectivity index (χ2v) is 12.8.